The maximum Gasteiger partial charge on any atom is 0.184 e. The maximum absolute atomic E-state index is 12.2. The lowest BCUT2D eigenvalue weighted by Crippen LogP contribution is -2.32. The molecule has 2 atom stereocenters. The van der Waals surface area contributed by atoms with E-state index in [0.717, 1.165) is 0 Å². The number of sulfone groups is 2. The Bertz CT molecular complexity index is 648. The Kier molecular flexibility index (Phi) is 3.44. The minimum absolute atomic E-state index is 0.0342. The number of halogens is 1. The molecular formula is C10H11ClO5S2. The highest BCUT2D eigenvalue weighted by molar-refractivity contribution is 7.96. The molecule has 0 bridgehead atoms. The second-order valence-electron chi connectivity index (χ2n) is 4.18. The van der Waals surface area contributed by atoms with Crippen molar-refractivity contribution in [2.24, 2.45) is 0 Å². The molecule has 1 heterocycles. The minimum atomic E-state index is -3.86. The van der Waals surface area contributed by atoms with Crippen LogP contribution in [0.25, 0.3) is 0 Å². The fourth-order valence-electron chi connectivity index (χ4n) is 1.89. The van der Waals surface area contributed by atoms with Crippen molar-refractivity contribution in [3.8, 4) is 0 Å². The number of rotatable bonds is 2. The van der Waals surface area contributed by atoms with Gasteiger partial charge in [-0.2, -0.15) is 0 Å². The van der Waals surface area contributed by atoms with E-state index in [-0.39, 0.29) is 4.90 Å². The third-order valence-corrected chi connectivity index (χ3v) is 7.20. The average Bonchev–Trinajstić information content (AvgIpc) is 2.53. The zero-order valence-corrected chi connectivity index (χ0v) is 11.5. The van der Waals surface area contributed by atoms with Crippen molar-refractivity contribution in [1.29, 1.82) is 0 Å². The SMILES string of the molecule is O=S1(=O)C[C@@H](S(=O)(=O)c2ccc(Cl)cc2)[C@@H](O)C1. The summed E-state index contributed by atoms with van der Waals surface area (Å²) in [6, 6.07) is 5.42. The molecule has 0 unspecified atom stereocenters. The van der Waals surface area contributed by atoms with Gasteiger partial charge in [-0.1, -0.05) is 11.6 Å². The maximum atomic E-state index is 12.2. The molecule has 0 aliphatic carbocycles. The third kappa shape index (κ3) is 2.54. The summed E-state index contributed by atoms with van der Waals surface area (Å²) in [5, 5.41) is 8.67. The molecule has 2 rings (SSSR count). The summed E-state index contributed by atoms with van der Waals surface area (Å²) in [7, 11) is -7.36. The predicted octanol–water partition coefficient (Wildman–Crippen LogP) is 0.272. The second-order valence-corrected chi connectivity index (χ2v) is 8.94. The molecule has 1 saturated heterocycles. The topological polar surface area (TPSA) is 88.5 Å². The first-order valence-electron chi connectivity index (χ1n) is 5.10. The van der Waals surface area contributed by atoms with Crippen LogP contribution in [-0.4, -0.2) is 44.8 Å². The summed E-state index contributed by atoms with van der Waals surface area (Å²) in [6.45, 7) is 0. The second kappa shape index (κ2) is 4.48. The zero-order valence-electron chi connectivity index (χ0n) is 9.15. The van der Waals surface area contributed by atoms with Crippen LogP contribution < -0.4 is 0 Å². The Morgan fingerprint density at radius 2 is 1.72 bits per heavy atom. The van der Waals surface area contributed by atoms with Crippen LogP contribution in [0.3, 0.4) is 0 Å². The summed E-state index contributed by atoms with van der Waals surface area (Å²) < 4.78 is 47.0. The Morgan fingerprint density at radius 3 is 2.17 bits per heavy atom. The first-order chi connectivity index (χ1) is 8.22. The molecule has 1 aliphatic heterocycles. The molecule has 100 valence electrons. The van der Waals surface area contributed by atoms with Gasteiger partial charge in [0, 0.05) is 5.02 Å². The van der Waals surface area contributed by atoms with Crippen LogP contribution in [0, 0.1) is 0 Å². The zero-order chi connectivity index (χ0) is 13.6. The van der Waals surface area contributed by atoms with Crippen molar-refractivity contribution in [1.82, 2.24) is 0 Å². The van der Waals surface area contributed by atoms with Gasteiger partial charge >= 0.3 is 0 Å². The summed E-state index contributed by atoms with van der Waals surface area (Å²) >= 11 is 5.66. The van der Waals surface area contributed by atoms with Gasteiger partial charge in [-0.05, 0) is 24.3 Å². The van der Waals surface area contributed by atoms with Gasteiger partial charge in [0.15, 0.2) is 19.7 Å². The number of hydrogen-bond acceptors (Lipinski definition) is 5. The molecule has 0 saturated carbocycles. The van der Waals surface area contributed by atoms with Gasteiger partial charge in [-0.3, -0.25) is 0 Å². The van der Waals surface area contributed by atoms with Gasteiger partial charge in [-0.15, -0.1) is 0 Å². The summed E-state index contributed by atoms with van der Waals surface area (Å²) in [5.41, 5.74) is 0. The molecule has 1 aliphatic rings. The Balaban J connectivity index is 2.41. The van der Waals surface area contributed by atoms with E-state index in [1.165, 1.54) is 24.3 Å². The third-order valence-electron chi connectivity index (χ3n) is 2.81. The van der Waals surface area contributed by atoms with Crippen LogP contribution in [-0.2, 0) is 19.7 Å². The Morgan fingerprint density at radius 1 is 1.17 bits per heavy atom. The van der Waals surface area contributed by atoms with E-state index in [0.29, 0.717) is 5.02 Å². The molecule has 18 heavy (non-hydrogen) atoms. The standard InChI is InChI=1S/C10H11ClO5S2/c11-7-1-3-8(4-2-7)18(15,16)10-6-17(13,14)5-9(10)12/h1-4,9-10,12H,5-6H2/t9-,10+/m0/s1. The fourth-order valence-corrected chi connectivity index (χ4v) is 6.47. The first-order valence-corrected chi connectivity index (χ1v) is 8.85. The van der Waals surface area contributed by atoms with Gasteiger partial charge in [0.25, 0.3) is 0 Å². The molecule has 1 fully saturated rings. The molecule has 5 nitrogen and oxygen atoms in total. The van der Waals surface area contributed by atoms with E-state index < -0.39 is 42.5 Å². The van der Waals surface area contributed by atoms with E-state index in [1.54, 1.807) is 0 Å². The van der Waals surface area contributed by atoms with Gasteiger partial charge < -0.3 is 5.11 Å². The lowest BCUT2D eigenvalue weighted by molar-refractivity contribution is 0.204. The number of aliphatic hydroxyl groups excluding tert-OH is 1. The van der Waals surface area contributed by atoms with Gasteiger partial charge in [-0.25, -0.2) is 16.8 Å². The van der Waals surface area contributed by atoms with E-state index >= 15 is 0 Å². The molecular weight excluding hydrogens is 300 g/mol. The van der Waals surface area contributed by atoms with Crippen molar-refractivity contribution in [2.75, 3.05) is 11.5 Å². The lowest BCUT2D eigenvalue weighted by atomic mass is 10.3. The van der Waals surface area contributed by atoms with Crippen LogP contribution in [0.1, 0.15) is 0 Å². The highest BCUT2D eigenvalue weighted by Crippen LogP contribution is 2.26. The van der Waals surface area contributed by atoms with E-state index in [2.05, 4.69) is 0 Å². The van der Waals surface area contributed by atoms with E-state index in [1.807, 2.05) is 0 Å². The summed E-state index contributed by atoms with van der Waals surface area (Å²) in [5.74, 6) is -1.05. The molecule has 8 heteroatoms. The van der Waals surface area contributed by atoms with Crippen molar-refractivity contribution in [2.45, 2.75) is 16.2 Å². The molecule has 1 aromatic carbocycles. The number of benzene rings is 1. The summed E-state index contributed by atoms with van der Waals surface area (Å²) in [4.78, 5) is -0.0342. The Labute approximate surface area is 110 Å². The van der Waals surface area contributed by atoms with Crippen molar-refractivity contribution in [3.63, 3.8) is 0 Å². The van der Waals surface area contributed by atoms with Crippen LogP contribution in [0.5, 0.6) is 0 Å². The molecule has 1 N–H and O–H groups in total. The van der Waals surface area contributed by atoms with E-state index in [9.17, 15) is 21.9 Å². The average molecular weight is 311 g/mol. The summed E-state index contributed by atoms with van der Waals surface area (Å²) in [6.07, 6.45) is -1.38. The predicted molar refractivity (Wildman–Crippen MR) is 67.1 cm³/mol. The highest BCUT2D eigenvalue weighted by atomic mass is 35.5. The molecule has 1 aromatic rings. The normalized spacial score (nSPS) is 27.2. The first kappa shape index (κ1) is 13.8. The number of aliphatic hydroxyl groups is 1. The molecule has 0 spiro atoms. The Hall–Kier alpha value is -0.630. The quantitative estimate of drug-likeness (QED) is 0.847. The van der Waals surface area contributed by atoms with Gasteiger partial charge in [0.05, 0.1) is 22.5 Å². The monoisotopic (exact) mass is 310 g/mol. The van der Waals surface area contributed by atoms with Crippen molar-refractivity contribution >= 4 is 31.3 Å². The highest BCUT2D eigenvalue weighted by Gasteiger charge is 2.44. The van der Waals surface area contributed by atoms with Crippen molar-refractivity contribution < 1.29 is 21.9 Å². The van der Waals surface area contributed by atoms with Crippen LogP contribution in [0.2, 0.25) is 5.02 Å². The number of hydrogen-bond donors (Lipinski definition) is 1. The fraction of sp³-hybridized carbons (Fsp3) is 0.400. The van der Waals surface area contributed by atoms with E-state index in [4.69, 9.17) is 11.6 Å². The van der Waals surface area contributed by atoms with Crippen LogP contribution in [0.4, 0.5) is 0 Å². The molecule has 0 aromatic heterocycles. The van der Waals surface area contributed by atoms with Crippen LogP contribution in [0.15, 0.2) is 29.2 Å². The lowest BCUT2D eigenvalue weighted by Gasteiger charge is -2.13. The van der Waals surface area contributed by atoms with Crippen LogP contribution >= 0.6 is 11.6 Å². The molecule has 0 amide bonds. The largest absolute Gasteiger partial charge is 0.391 e. The minimum Gasteiger partial charge on any atom is -0.391 e. The molecule has 0 radical (unpaired) electrons. The van der Waals surface area contributed by atoms with Crippen molar-refractivity contribution in [3.05, 3.63) is 29.3 Å². The van der Waals surface area contributed by atoms with Gasteiger partial charge in [0.2, 0.25) is 0 Å². The smallest absolute Gasteiger partial charge is 0.184 e. The van der Waals surface area contributed by atoms with Gasteiger partial charge in [0.1, 0.15) is 5.25 Å².